The summed E-state index contributed by atoms with van der Waals surface area (Å²) < 4.78 is 40.2. The molecular weight excluding hydrogens is 275 g/mol. The molecule has 0 saturated carbocycles. The van der Waals surface area contributed by atoms with Crippen LogP contribution < -0.4 is 0 Å². The molecule has 0 spiro atoms. The second kappa shape index (κ2) is 5.17. The number of benzene rings is 1. The second-order valence-electron chi connectivity index (χ2n) is 6.18. The van der Waals surface area contributed by atoms with Crippen LogP contribution in [0, 0.1) is 6.92 Å². The number of aryl methyl sites for hydroxylation is 1. The maximum atomic E-state index is 13.4. The van der Waals surface area contributed by atoms with Crippen molar-refractivity contribution in [1.29, 1.82) is 0 Å². The lowest BCUT2D eigenvalue weighted by atomic mass is 9.88. The maximum absolute atomic E-state index is 13.4. The van der Waals surface area contributed by atoms with Gasteiger partial charge in [0.15, 0.2) is 0 Å². The van der Waals surface area contributed by atoms with Crippen molar-refractivity contribution in [3.8, 4) is 11.1 Å². The van der Waals surface area contributed by atoms with Crippen LogP contribution in [0.15, 0.2) is 36.5 Å². The first-order valence-electron chi connectivity index (χ1n) is 6.74. The minimum absolute atomic E-state index is 0.133. The molecule has 0 atom stereocenters. The first-order valence-corrected chi connectivity index (χ1v) is 6.74. The van der Waals surface area contributed by atoms with Gasteiger partial charge in [0.05, 0.1) is 5.56 Å². The third-order valence-electron chi connectivity index (χ3n) is 3.41. The fourth-order valence-corrected chi connectivity index (χ4v) is 2.19. The van der Waals surface area contributed by atoms with Gasteiger partial charge in [0, 0.05) is 22.9 Å². The van der Waals surface area contributed by atoms with Gasteiger partial charge in [-0.15, -0.1) is 0 Å². The minimum atomic E-state index is -4.40. The highest BCUT2D eigenvalue weighted by molar-refractivity contribution is 5.70. The first-order chi connectivity index (χ1) is 9.60. The molecule has 4 heteroatoms. The lowest BCUT2D eigenvalue weighted by Crippen LogP contribution is -2.17. The highest BCUT2D eigenvalue weighted by Gasteiger charge is 2.35. The Hall–Kier alpha value is -1.84. The van der Waals surface area contributed by atoms with Crippen LogP contribution in [-0.2, 0) is 11.6 Å². The van der Waals surface area contributed by atoms with E-state index < -0.39 is 17.2 Å². The zero-order valence-electron chi connectivity index (χ0n) is 12.5. The molecule has 21 heavy (non-hydrogen) atoms. The van der Waals surface area contributed by atoms with E-state index >= 15 is 0 Å². The van der Waals surface area contributed by atoms with E-state index in [0.29, 0.717) is 11.3 Å². The summed E-state index contributed by atoms with van der Waals surface area (Å²) in [4.78, 5) is 4.24. The van der Waals surface area contributed by atoms with Crippen LogP contribution in [0.3, 0.4) is 0 Å². The summed E-state index contributed by atoms with van der Waals surface area (Å²) in [7, 11) is 0. The average molecular weight is 293 g/mol. The van der Waals surface area contributed by atoms with Crippen molar-refractivity contribution in [3.63, 3.8) is 0 Å². The molecular formula is C17H18F3N. The molecule has 0 unspecified atom stereocenters. The smallest absolute Gasteiger partial charge is 0.260 e. The van der Waals surface area contributed by atoms with Gasteiger partial charge in [-0.2, -0.15) is 13.2 Å². The van der Waals surface area contributed by atoms with Crippen LogP contribution in [0.25, 0.3) is 11.1 Å². The Bertz CT molecular complexity index is 652. The van der Waals surface area contributed by atoms with Crippen LogP contribution in [0.4, 0.5) is 13.2 Å². The molecule has 1 nitrogen and oxygen atoms in total. The highest BCUT2D eigenvalue weighted by Crippen LogP contribution is 2.39. The van der Waals surface area contributed by atoms with Gasteiger partial charge < -0.3 is 0 Å². The van der Waals surface area contributed by atoms with E-state index in [-0.39, 0.29) is 5.56 Å². The quantitative estimate of drug-likeness (QED) is 0.688. The van der Waals surface area contributed by atoms with Gasteiger partial charge in [-0.05, 0) is 24.1 Å². The molecule has 0 radical (unpaired) electrons. The molecule has 112 valence electrons. The van der Waals surface area contributed by atoms with Crippen LogP contribution >= 0.6 is 0 Å². The highest BCUT2D eigenvalue weighted by atomic mass is 19.4. The number of pyridine rings is 1. The fourth-order valence-electron chi connectivity index (χ4n) is 2.19. The van der Waals surface area contributed by atoms with Crippen molar-refractivity contribution in [3.05, 3.63) is 53.3 Å². The minimum Gasteiger partial charge on any atom is -0.260 e. The normalized spacial score (nSPS) is 12.5. The molecule has 0 aliphatic rings. The van der Waals surface area contributed by atoms with E-state index in [9.17, 15) is 13.2 Å². The van der Waals surface area contributed by atoms with E-state index in [0.717, 1.165) is 5.56 Å². The third kappa shape index (κ3) is 3.26. The van der Waals surface area contributed by atoms with Gasteiger partial charge in [0.2, 0.25) is 0 Å². The van der Waals surface area contributed by atoms with E-state index in [2.05, 4.69) is 4.98 Å². The Morgan fingerprint density at radius 1 is 0.952 bits per heavy atom. The number of hydrogen-bond acceptors (Lipinski definition) is 1. The number of aromatic nitrogens is 1. The van der Waals surface area contributed by atoms with Crippen molar-refractivity contribution >= 4 is 0 Å². The summed E-state index contributed by atoms with van der Waals surface area (Å²) in [5, 5.41) is 0. The Morgan fingerprint density at radius 2 is 1.57 bits per heavy atom. The number of halogens is 3. The van der Waals surface area contributed by atoms with Gasteiger partial charge in [-0.25, -0.2) is 0 Å². The molecule has 0 bridgehead atoms. The van der Waals surface area contributed by atoms with Gasteiger partial charge in [0.25, 0.3) is 0 Å². The molecule has 1 aromatic heterocycles. The van der Waals surface area contributed by atoms with Crippen LogP contribution in [-0.4, -0.2) is 4.98 Å². The molecule has 0 N–H and O–H groups in total. The molecule has 2 rings (SSSR count). The summed E-state index contributed by atoms with van der Waals surface area (Å²) in [5.74, 6) is 0. The molecule has 0 aliphatic heterocycles. The maximum Gasteiger partial charge on any atom is 0.417 e. The second-order valence-corrected chi connectivity index (χ2v) is 6.18. The summed E-state index contributed by atoms with van der Waals surface area (Å²) >= 11 is 0. The number of nitrogens with zero attached hydrogens (tertiary/aromatic N) is 1. The van der Waals surface area contributed by atoms with E-state index in [1.54, 1.807) is 25.1 Å². The Morgan fingerprint density at radius 3 is 2.10 bits per heavy atom. The predicted octanol–water partition coefficient (Wildman–Crippen LogP) is 5.37. The third-order valence-corrected chi connectivity index (χ3v) is 3.41. The largest absolute Gasteiger partial charge is 0.417 e. The van der Waals surface area contributed by atoms with Crippen molar-refractivity contribution in [2.24, 2.45) is 0 Å². The lowest BCUT2D eigenvalue weighted by molar-refractivity contribution is -0.137. The van der Waals surface area contributed by atoms with Crippen LogP contribution in [0.2, 0.25) is 0 Å². The first kappa shape index (κ1) is 15.5. The summed E-state index contributed by atoms with van der Waals surface area (Å²) in [6.45, 7) is 7.35. The summed E-state index contributed by atoms with van der Waals surface area (Å²) in [6, 6.07) is 8.20. The summed E-state index contributed by atoms with van der Waals surface area (Å²) in [6.07, 6.45) is -3.06. The van der Waals surface area contributed by atoms with E-state index in [1.165, 1.54) is 12.3 Å². The Labute approximate surface area is 122 Å². The Kier molecular flexibility index (Phi) is 3.83. The SMILES string of the molecule is Cc1ccccc1-c1cnc(C(C)(C)C)cc1C(F)(F)F. The number of alkyl halides is 3. The molecule has 1 heterocycles. The van der Waals surface area contributed by atoms with Gasteiger partial charge in [0.1, 0.15) is 0 Å². The zero-order valence-corrected chi connectivity index (χ0v) is 12.5. The Balaban J connectivity index is 2.70. The van der Waals surface area contributed by atoms with Crippen LogP contribution in [0.1, 0.15) is 37.6 Å². The lowest BCUT2D eigenvalue weighted by Gasteiger charge is -2.21. The van der Waals surface area contributed by atoms with Crippen molar-refractivity contribution in [2.75, 3.05) is 0 Å². The predicted molar refractivity (Wildman–Crippen MR) is 78.1 cm³/mol. The van der Waals surface area contributed by atoms with Crippen molar-refractivity contribution in [1.82, 2.24) is 4.98 Å². The van der Waals surface area contributed by atoms with Crippen molar-refractivity contribution in [2.45, 2.75) is 39.3 Å². The topological polar surface area (TPSA) is 12.9 Å². The van der Waals surface area contributed by atoms with Crippen LogP contribution in [0.5, 0.6) is 0 Å². The summed E-state index contributed by atoms with van der Waals surface area (Å²) in [5.41, 5.74) is 0.883. The van der Waals surface area contributed by atoms with Crippen molar-refractivity contribution < 1.29 is 13.2 Å². The van der Waals surface area contributed by atoms with Gasteiger partial charge in [-0.1, -0.05) is 45.0 Å². The van der Waals surface area contributed by atoms with Gasteiger partial charge >= 0.3 is 6.18 Å². The van der Waals surface area contributed by atoms with Gasteiger partial charge in [-0.3, -0.25) is 4.98 Å². The standard InChI is InChI=1S/C17H18F3N/c1-11-7-5-6-8-12(11)13-10-21-15(16(2,3)4)9-14(13)17(18,19)20/h5-10H,1-4H3. The molecule has 0 fully saturated rings. The fraction of sp³-hybridized carbons (Fsp3) is 0.353. The molecule has 2 aromatic rings. The molecule has 1 aromatic carbocycles. The zero-order chi connectivity index (χ0) is 15.8. The average Bonchev–Trinajstić information content (AvgIpc) is 2.36. The molecule has 0 saturated heterocycles. The molecule has 0 aliphatic carbocycles. The molecule has 0 amide bonds. The number of rotatable bonds is 1. The van der Waals surface area contributed by atoms with E-state index in [4.69, 9.17) is 0 Å². The van der Waals surface area contributed by atoms with E-state index in [1.807, 2.05) is 26.8 Å². The monoisotopic (exact) mass is 293 g/mol. The number of hydrogen-bond donors (Lipinski definition) is 0.